The molecule has 1 aliphatic heterocycles. The number of ether oxygens (including phenoxy) is 2. The molecule has 150 valence electrons. The highest BCUT2D eigenvalue weighted by Gasteiger charge is 2.42. The van der Waals surface area contributed by atoms with Crippen LogP contribution in [0.4, 0.5) is 0 Å². The van der Waals surface area contributed by atoms with Crippen LogP contribution in [0.1, 0.15) is 22.3 Å². The molecule has 7 heteroatoms. The molecular weight excluding hydrogens is 408 g/mol. The van der Waals surface area contributed by atoms with Gasteiger partial charge < -0.3 is 14.0 Å². The summed E-state index contributed by atoms with van der Waals surface area (Å²) in [5.41, 5.74) is 1.60. The van der Waals surface area contributed by atoms with Gasteiger partial charge in [0.15, 0.2) is 0 Å². The fourth-order valence-corrected chi connectivity index (χ4v) is 4.79. The number of aryl methyl sites for hydroxylation is 1. The van der Waals surface area contributed by atoms with Crippen LogP contribution in [0.5, 0.6) is 0 Å². The van der Waals surface area contributed by atoms with Crippen molar-refractivity contribution < 1.29 is 14.3 Å². The first-order valence-corrected chi connectivity index (χ1v) is 10.8. The van der Waals surface area contributed by atoms with Crippen molar-refractivity contribution in [1.29, 1.82) is 0 Å². The van der Waals surface area contributed by atoms with E-state index in [2.05, 4.69) is 4.98 Å². The van der Waals surface area contributed by atoms with Crippen LogP contribution in [0.25, 0.3) is 0 Å². The average Bonchev–Trinajstić information content (AvgIpc) is 3.42. The maximum atomic E-state index is 12.2. The Hall–Kier alpha value is -2.28. The molecule has 4 rings (SSSR count). The summed E-state index contributed by atoms with van der Waals surface area (Å²) in [5, 5.41) is 0.690. The molecule has 5 nitrogen and oxygen atoms in total. The zero-order chi connectivity index (χ0) is 20.1. The molecule has 1 aromatic heterocycles. The first-order valence-electron chi connectivity index (χ1n) is 9.40. The summed E-state index contributed by atoms with van der Waals surface area (Å²) < 4.78 is 14.0. The van der Waals surface area contributed by atoms with Gasteiger partial charge in [0.25, 0.3) is 0 Å². The number of benzene rings is 2. The molecule has 2 atom stereocenters. The molecule has 2 heterocycles. The van der Waals surface area contributed by atoms with E-state index >= 15 is 0 Å². The number of esters is 1. The van der Waals surface area contributed by atoms with E-state index in [-0.39, 0.29) is 18.7 Å². The van der Waals surface area contributed by atoms with E-state index in [4.69, 9.17) is 21.1 Å². The molecule has 1 fully saturated rings. The van der Waals surface area contributed by atoms with Gasteiger partial charge in [0, 0.05) is 36.1 Å². The summed E-state index contributed by atoms with van der Waals surface area (Å²) in [5.74, 6) is 0.413. The number of carbonyl (C=O) groups excluding carboxylic acids is 1. The van der Waals surface area contributed by atoms with Gasteiger partial charge in [0.05, 0.1) is 11.9 Å². The quantitative estimate of drug-likeness (QED) is 0.507. The molecule has 0 aliphatic carbocycles. The second kappa shape index (κ2) is 9.03. The van der Waals surface area contributed by atoms with E-state index in [1.54, 1.807) is 36.4 Å². The van der Waals surface area contributed by atoms with Crippen molar-refractivity contribution >= 4 is 29.3 Å². The Morgan fingerprint density at radius 3 is 2.76 bits per heavy atom. The van der Waals surface area contributed by atoms with Crippen LogP contribution < -0.4 is 0 Å². The van der Waals surface area contributed by atoms with E-state index in [1.807, 2.05) is 53.2 Å². The SMILES string of the molecule is O=C(OC[C@@H]1CS[C@](CCn2ccnc2)(c2ccc(Cl)cc2)O1)c1ccccc1. The van der Waals surface area contributed by atoms with E-state index in [0.717, 1.165) is 24.3 Å². The molecule has 1 aliphatic rings. The molecule has 0 unspecified atom stereocenters. The minimum absolute atomic E-state index is 0.175. The highest BCUT2D eigenvalue weighted by molar-refractivity contribution is 8.00. The lowest BCUT2D eigenvalue weighted by atomic mass is 10.1. The lowest BCUT2D eigenvalue weighted by Crippen LogP contribution is -2.28. The number of hydrogen-bond acceptors (Lipinski definition) is 5. The number of thioether (sulfide) groups is 1. The van der Waals surface area contributed by atoms with Gasteiger partial charge >= 0.3 is 5.97 Å². The number of rotatable bonds is 7. The molecule has 0 amide bonds. The summed E-state index contributed by atoms with van der Waals surface area (Å²) in [4.78, 5) is 15.8. The molecule has 1 saturated heterocycles. The van der Waals surface area contributed by atoms with Crippen LogP contribution in [0.15, 0.2) is 73.3 Å². The normalized spacial score (nSPS) is 21.2. The van der Waals surface area contributed by atoms with Crippen molar-refractivity contribution in [3.8, 4) is 0 Å². The van der Waals surface area contributed by atoms with Crippen LogP contribution >= 0.6 is 23.4 Å². The van der Waals surface area contributed by atoms with Crippen LogP contribution in [0, 0.1) is 0 Å². The van der Waals surface area contributed by atoms with E-state index < -0.39 is 4.93 Å². The minimum atomic E-state index is -0.515. The Balaban J connectivity index is 1.44. The highest BCUT2D eigenvalue weighted by Crippen LogP contribution is 2.48. The predicted molar refractivity (Wildman–Crippen MR) is 114 cm³/mol. The largest absolute Gasteiger partial charge is 0.459 e. The Morgan fingerprint density at radius 1 is 1.24 bits per heavy atom. The molecule has 0 N–H and O–H groups in total. The highest BCUT2D eigenvalue weighted by atomic mass is 35.5. The number of imidazole rings is 1. The Labute approximate surface area is 179 Å². The molecule has 0 spiro atoms. The van der Waals surface area contributed by atoms with Crippen molar-refractivity contribution in [2.24, 2.45) is 0 Å². The topological polar surface area (TPSA) is 53.4 Å². The van der Waals surface area contributed by atoms with Gasteiger partial charge in [0.1, 0.15) is 17.6 Å². The molecule has 0 radical (unpaired) electrons. The van der Waals surface area contributed by atoms with E-state index in [9.17, 15) is 4.79 Å². The second-order valence-corrected chi connectivity index (χ2v) is 8.54. The maximum Gasteiger partial charge on any atom is 0.338 e. The zero-order valence-corrected chi connectivity index (χ0v) is 17.3. The van der Waals surface area contributed by atoms with Gasteiger partial charge in [-0.3, -0.25) is 0 Å². The summed E-state index contributed by atoms with van der Waals surface area (Å²) in [7, 11) is 0. The van der Waals surface area contributed by atoms with Crippen molar-refractivity contribution in [2.75, 3.05) is 12.4 Å². The summed E-state index contributed by atoms with van der Waals surface area (Å²) >= 11 is 7.81. The first kappa shape index (κ1) is 20.0. The average molecular weight is 429 g/mol. The molecule has 3 aromatic rings. The number of nitrogens with zero attached hydrogens (tertiary/aromatic N) is 2. The number of aromatic nitrogens is 2. The number of halogens is 1. The van der Waals surface area contributed by atoms with Gasteiger partial charge in [0.2, 0.25) is 0 Å². The number of carbonyl (C=O) groups is 1. The lowest BCUT2D eigenvalue weighted by Gasteiger charge is -2.29. The van der Waals surface area contributed by atoms with Gasteiger partial charge in [-0.15, -0.1) is 11.8 Å². The van der Waals surface area contributed by atoms with E-state index in [1.165, 1.54) is 0 Å². The molecular formula is C22H21ClN2O3S. The fraction of sp³-hybridized carbons (Fsp3) is 0.273. The zero-order valence-electron chi connectivity index (χ0n) is 15.7. The van der Waals surface area contributed by atoms with Crippen molar-refractivity contribution in [3.05, 3.63) is 89.5 Å². The smallest absolute Gasteiger partial charge is 0.338 e. The standard InChI is InChI=1S/C22H21ClN2O3S/c23-19-8-6-18(7-9-19)22(10-12-25-13-11-24-16-25)28-20(15-29-22)14-27-21(26)17-4-2-1-3-5-17/h1-9,11,13,16,20H,10,12,14-15H2/t20-,22-/m1/s1. The van der Waals surface area contributed by atoms with Crippen LogP contribution in [0.2, 0.25) is 5.02 Å². The monoisotopic (exact) mass is 428 g/mol. The van der Waals surface area contributed by atoms with E-state index in [0.29, 0.717) is 10.6 Å². The molecule has 29 heavy (non-hydrogen) atoms. The van der Waals surface area contributed by atoms with Crippen LogP contribution in [0.3, 0.4) is 0 Å². The van der Waals surface area contributed by atoms with Crippen LogP contribution in [-0.4, -0.2) is 34.0 Å². The summed E-state index contributed by atoms with van der Waals surface area (Å²) in [6.07, 6.45) is 6.09. The Morgan fingerprint density at radius 2 is 2.03 bits per heavy atom. The Bertz CT molecular complexity index is 934. The predicted octanol–water partition coefficient (Wildman–Crippen LogP) is 4.77. The fourth-order valence-electron chi connectivity index (χ4n) is 3.30. The summed E-state index contributed by atoms with van der Waals surface area (Å²) in [6.45, 7) is 0.993. The Kier molecular flexibility index (Phi) is 6.23. The molecule has 0 bridgehead atoms. The maximum absolute atomic E-state index is 12.2. The second-order valence-electron chi connectivity index (χ2n) is 6.83. The lowest BCUT2D eigenvalue weighted by molar-refractivity contribution is -0.0477. The van der Waals surface area contributed by atoms with Crippen molar-refractivity contribution in [1.82, 2.24) is 9.55 Å². The third-order valence-electron chi connectivity index (χ3n) is 4.81. The third-order valence-corrected chi connectivity index (χ3v) is 6.60. The summed E-state index contributed by atoms with van der Waals surface area (Å²) in [6, 6.07) is 16.8. The van der Waals surface area contributed by atoms with Gasteiger partial charge in [-0.2, -0.15) is 0 Å². The minimum Gasteiger partial charge on any atom is -0.459 e. The van der Waals surface area contributed by atoms with Gasteiger partial charge in [-0.25, -0.2) is 9.78 Å². The molecule has 0 saturated carbocycles. The first-order chi connectivity index (χ1) is 14.1. The van der Waals surface area contributed by atoms with Gasteiger partial charge in [-0.05, 0) is 29.8 Å². The number of hydrogen-bond donors (Lipinski definition) is 0. The van der Waals surface area contributed by atoms with Crippen molar-refractivity contribution in [2.45, 2.75) is 24.0 Å². The van der Waals surface area contributed by atoms with Crippen LogP contribution in [-0.2, 0) is 21.0 Å². The van der Waals surface area contributed by atoms with Gasteiger partial charge in [-0.1, -0.05) is 41.9 Å². The van der Waals surface area contributed by atoms with Crippen molar-refractivity contribution in [3.63, 3.8) is 0 Å². The third kappa shape index (κ3) is 4.83. The molecule has 2 aromatic carbocycles.